The van der Waals surface area contributed by atoms with E-state index in [1.807, 2.05) is 65.9 Å². The van der Waals surface area contributed by atoms with Gasteiger partial charge < -0.3 is 15.4 Å². The standard InChI is InChI=1S/C30H37N3O3S/c1-33(2)30(27-10-7-21-37-27)19-17-25(18-20-30)32-29(35)12-6-11-28(34)31-24-13-15-26(16-14-24)36-22-23-8-4-3-5-9-23/h3-5,7-10,13-16,21,25H,6,11-12,17-20,22H2,1-2H3,(H,31,34)(H,32,35). The smallest absolute Gasteiger partial charge is 0.224 e. The number of nitrogens with zero attached hydrogens (tertiary/aromatic N) is 1. The van der Waals surface area contributed by atoms with Crippen LogP contribution in [0.4, 0.5) is 5.69 Å². The zero-order valence-corrected chi connectivity index (χ0v) is 22.6. The minimum atomic E-state index is -0.0878. The van der Waals surface area contributed by atoms with Crippen molar-refractivity contribution in [2.75, 3.05) is 19.4 Å². The highest BCUT2D eigenvalue weighted by Gasteiger charge is 2.39. The van der Waals surface area contributed by atoms with Crippen LogP contribution in [0.15, 0.2) is 72.1 Å². The van der Waals surface area contributed by atoms with E-state index in [2.05, 4.69) is 47.1 Å². The normalized spacial score (nSPS) is 19.4. The van der Waals surface area contributed by atoms with Crippen LogP contribution >= 0.6 is 11.3 Å². The topological polar surface area (TPSA) is 70.7 Å². The average molecular weight is 520 g/mol. The van der Waals surface area contributed by atoms with Crippen molar-refractivity contribution < 1.29 is 14.3 Å². The number of ether oxygens (including phenoxy) is 1. The maximum Gasteiger partial charge on any atom is 0.224 e. The van der Waals surface area contributed by atoms with Gasteiger partial charge in [-0.2, -0.15) is 0 Å². The van der Waals surface area contributed by atoms with Crippen molar-refractivity contribution in [2.24, 2.45) is 0 Å². The van der Waals surface area contributed by atoms with Gasteiger partial charge >= 0.3 is 0 Å². The summed E-state index contributed by atoms with van der Waals surface area (Å²) in [6.45, 7) is 0.501. The van der Waals surface area contributed by atoms with E-state index < -0.39 is 0 Å². The number of carbonyl (C=O) groups excluding carboxylic acids is 2. The fraction of sp³-hybridized carbons (Fsp3) is 0.400. The van der Waals surface area contributed by atoms with Gasteiger partial charge in [-0.05, 0) is 87.5 Å². The number of nitrogens with one attached hydrogen (secondary N) is 2. The Kier molecular flexibility index (Phi) is 9.36. The molecule has 3 aromatic rings. The molecule has 6 nitrogen and oxygen atoms in total. The maximum absolute atomic E-state index is 12.5. The average Bonchev–Trinajstić information content (AvgIpc) is 3.45. The molecule has 2 amide bonds. The largest absolute Gasteiger partial charge is 0.489 e. The molecule has 2 aromatic carbocycles. The second kappa shape index (κ2) is 12.9. The Balaban J connectivity index is 1.13. The van der Waals surface area contributed by atoms with Crippen molar-refractivity contribution in [1.29, 1.82) is 0 Å². The molecule has 7 heteroatoms. The van der Waals surface area contributed by atoms with Gasteiger partial charge in [-0.15, -0.1) is 11.3 Å². The van der Waals surface area contributed by atoms with Crippen molar-refractivity contribution in [1.82, 2.24) is 10.2 Å². The molecule has 1 aliphatic carbocycles. The number of anilines is 1. The molecule has 0 atom stereocenters. The Morgan fingerprint density at radius 1 is 0.946 bits per heavy atom. The van der Waals surface area contributed by atoms with Crippen LogP contribution in [0.5, 0.6) is 5.75 Å². The summed E-state index contributed by atoms with van der Waals surface area (Å²) in [5, 5.41) is 8.24. The number of hydrogen-bond donors (Lipinski definition) is 2. The highest BCUT2D eigenvalue weighted by atomic mass is 32.1. The summed E-state index contributed by atoms with van der Waals surface area (Å²) >= 11 is 1.81. The second-order valence-corrected chi connectivity index (χ2v) is 10.9. The molecular formula is C30H37N3O3S. The van der Waals surface area contributed by atoms with Crippen LogP contribution in [0, 0.1) is 0 Å². The number of benzene rings is 2. The van der Waals surface area contributed by atoms with Gasteiger partial charge in [-0.25, -0.2) is 0 Å². The number of thiophene rings is 1. The van der Waals surface area contributed by atoms with Gasteiger partial charge in [0, 0.05) is 29.4 Å². The minimum absolute atomic E-state index is 0.0335. The van der Waals surface area contributed by atoms with Gasteiger partial charge in [0.05, 0.1) is 5.54 Å². The lowest BCUT2D eigenvalue weighted by Crippen LogP contribution is -2.48. The monoisotopic (exact) mass is 519 g/mol. The predicted molar refractivity (Wildman–Crippen MR) is 150 cm³/mol. The zero-order valence-electron chi connectivity index (χ0n) is 21.7. The second-order valence-electron chi connectivity index (χ2n) is 9.95. The van der Waals surface area contributed by atoms with E-state index in [0.29, 0.717) is 25.9 Å². The van der Waals surface area contributed by atoms with E-state index in [4.69, 9.17) is 4.74 Å². The lowest BCUT2D eigenvalue weighted by atomic mass is 9.77. The molecule has 1 aromatic heterocycles. The Hall–Kier alpha value is -3.16. The quantitative estimate of drug-likeness (QED) is 0.328. The van der Waals surface area contributed by atoms with E-state index in [9.17, 15) is 9.59 Å². The molecule has 0 unspecified atom stereocenters. The Labute approximate surface area is 224 Å². The molecular weight excluding hydrogens is 482 g/mol. The van der Waals surface area contributed by atoms with Gasteiger partial charge in [-0.3, -0.25) is 14.5 Å². The first kappa shape index (κ1) is 26.9. The van der Waals surface area contributed by atoms with E-state index in [1.54, 1.807) is 0 Å². The van der Waals surface area contributed by atoms with Gasteiger partial charge in [-0.1, -0.05) is 36.4 Å². The van der Waals surface area contributed by atoms with Gasteiger partial charge in [0.15, 0.2) is 0 Å². The van der Waals surface area contributed by atoms with Crippen LogP contribution in [0.1, 0.15) is 55.4 Å². The summed E-state index contributed by atoms with van der Waals surface area (Å²) in [6, 6.07) is 21.9. The van der Waals surface area contributed by atoms with Crippen LogP contribution in [0.25, 0.3) is 0 Å². The number of rotatable bonds is 11. The molecule has 37 heavy (non-hydrogen) atoms. The molecule has 4 rings (SSSR count). The van der Waals surface area contributed by atoms with E-state index in [0.717, 1.165) is 42.7 Å². The van der Waals surface area contributed by atoms with E-state index in [-0.39, 0.29) is 23.4 Å². The summed E-state index contributed by atoms with van der Waals surface area (Å²) in [4.78, 5) is 28.6. The molecule has 0 saturated heterocycles. The lowest BCUT2D eigenvalue weighted by Gasteiger charge is -2.44. The van der Waals surface area contributed by atoms with Crippen LogP contribution in [-0.2, 0) is 21.7 Å². The molecule has 0 radical (unpaired) electrons. The maximum atomic E-state index is 12.5. The van der Waals surface area contributed by atoms with Crippen LogP contribution < -0.4 is 15.4 Å². The van der Waals surface area contributed by atoms with Crippen LogP contribution in [0.3, 0.4) is 0 Å². The molecule has 0 bridgehead atoms. The molecule has 2 N–H and O–H groups in total. The highest BCUT2D eigenvalue weighted by Crippen LogP contribution is 2.43. The fourth-order valence-corrected chi connectivity index (χ4v) is 6.07. The third kappa shape index (κ3) is 7.43. The van der Waals surface area contributed by atoms with Crippen molar-refractivity contribution in [3.05, 3.63) is 82.6 Å². The minimum Gasteiger partial charge on any atom is -0.489 e. The first-order valence-electron chi connectivity index (χ1n) is 13.0. The molecule has 1 fully saturated rings. The molecule has 1 heterocycles. The number of carbonyl (C=O) groups is 2. The molecule has 1 aliphatic rings. The van der Waals surface area contributed by atoms with Crippen molar-refractivity contribution >= 4 is 28.8 Å². The zero-order chi connectivity index (χ0) is 26.1. The highest BCUT2D eigenvalue weighted by molar-refractivity contribution is 7.10. The Morgan fingerprint density at radius 2 is 1.65 bits per heavy atom. The van der Waals surface area contributed by atoms with Crippen LogP contribution in [-0.4, -0.2) is 36.9 Å². The summed E-state index contributed by atoms with van der Waals surface area (Å²) in [7, 11) is 4.30. The predicted octanol–water partition coefficient (Wildman–Crippen LogP) is 5.95. The van der Waals surface area contributed by atoms with Crippen molar-refractivity contribution in [2.45, 2.75) is 63.1 Å². The third-order valence-corrected chi connectivity index (χ3v) is 8.27. The Morgan fingerprint density at radius 3 is 2.30 bits per heavy atom. The first-order valence-corrected chi connectivity index (χ1v) is 13.9. The SMILES string of the molecule is CN(C)C1(c2cccs2)CCC(NC(=O)CCCC(=O)Nc2ccc(OCc3ccccc3)cc2)CC1. The van der Waals surface area contributed by atoms with E-state index >= 15 is 0 Å². The van der Waals surface area contributed by atoms with Crippen LogP contribution in [0.2, 0.25) is 0 Å². The fourth-order valence-electron chi connectivity index (χ4n) is 5.01. The lowest BCUT2D eigenvalue weighted by molar-refractivity contribution is -0.122. The van der Waals surface area contributed by atoms with Gasteiger partial charge in [0.25, 0.3) is 0 Å². The molecule has 196 valence electrons. The van der Waals surface area contributed by atoms with Gasteiger partial charge in [0.1, 0.15) is 12.4 Å². The summed E-state index contributed by atoms with van der Waals surface area (Å²) < 4.78 is 5.79. The Bertz CT molecular complexity index is 1120. The number of amides is 2. The number of hydrogen-bond acceptors (Lipinski definition) is 5. The molecule has 0 spiro atoms. The summed E-state index contributed by atoms with van der Waals surface area (Å²) in [6.07, 6.45) is 5.19. The van der Waals surface area contributed by atoms with E-state index in [1.165, 1.54) is 4.88 Å². The summed E-state index contributed by atoms with van der Waals surface area (Å²) in [5.74, 6) is 0.695. The first-order chi connectivity index (χ1) is 17.9. The summed E-state index contributed by atoms with van der Waals surface area (Å²) in [5.41, 5.74) is 1.89. The third-order valence-electron chi connectivity index (χ3n) is 7.21. The molecule has 1 saturated carbocycles. The molecule has 0 aliphatic heterocycles. The van der Waals surface area contributed by atoms with Gasteiger partial charge in [0.2, 0.25) is 11.8 Å². The van der Waals surface area contributed by atoms with Crippen molar-refractivity contribution in [3.63, 3.8) is 0 Å². The van der Waals surface area contributed by atoms with Crippen molar-refractivity contribution in [3.8, 4) is 5.75 Å².